The van der Waals surface area contributed by atoms with Gasteiger partial charge < -0.3 is 14.4 Å². The van der Waals surface area contributed by atoms with Crippen molar-refractivity contribution in [2.75, 3.05) is 19.7 Å². The number of hydrogen-bond acceptors (Lipinski definition) is 6. The van der Waals surface area contributed by atoms with Crippen molar-refractivity contribution in [1.29, 1.82) is 0 Å². The third-order valence-electron chi connectivity index (χ3n) is 5.55. The van der Waals surface area contributed by atoms with Crippen molar-refractivity contribution in [2.45, 2.75) is 52.6 Å². The summed E-state index contributed by atoms with van der Waals surface area (Å²) < 4.78 is 40.2. The van der Waals surface area contributed by atoms with Gasteiger partial charge in [0, 0.05) is 19.2 Å². The van der Waals surface area contributed by atoms with Gasteiger partial charge in [-0.25, -0.2) is 23.5 Å². The minimum Gasteiger partial charge on any atom is -0.477 e. The van der Waals surface area contributed by atoms with Crippen LogP contribution in [0.4, 0.5) is 13.6 Å². The van der Waals surface area contributed by atoms with Crippen molar-refractivity contribution in [1.82, 2.24) is 24.4 Å². The number of amides is 1. The van der Waals surface area contributed by atoms with Gasteiger partial charge in [0.1, 0.15) is 17.2 Å². The van der Waals surface area contributed by atoms with Crippen LogP contribution in [0.15, 0.2) is 30.3 Å². The number of rotatable bonds is 5. The van der Waals surface area contributed by atoms with Crippen molar-refractivity contribution in [3.63, 3.8) is 0 Å². The van der Waals surface area contributed by atoms with E-state index in [2.05, 4.69) is 15.0 Å². The van der Waals surface area contributed by atoms with Crippen LogP contribution < -0.4 is 4.74 Å². The third kappa shape index (κ3) is 5.43. The number of halogens is 2. The highest BCUT2D eigenvalue weighted by molar-refractivity contribution is 5.78. The van der Waals surface area contributed by atoms with Crippen LogP contribution in [0.2, 0.25) is 0 Å². The number of imidazole rings is 1. The van der Waals surface area contributed by atoms with E-state index in [1.54, 1.807) is 42.2 Å². The molecule has 10 heteroatoms. The van der Waals surface area contributed by atoms with Gasteiger partial charge in [-0.1, -0.05) is 12.1 Å². The lowest BCUT2D eigenvalue weighted by Crippen LogP contribution is -2.42. The maximum absolute atomic E-state index is 13.7. The van der Waals surface area contributed by atoms with Crippen LogP contribution in [0, 0.1) is 12.8 Å². The molecule has 4 rings (SSSR count). The standard InChI is InChI=1S/C24H29F2N5O3/c1-15-27-19(31-18-8-6-5-7-17(18)29-22(31)21(25)26)13-20(28-15)33-14-16-9-11-30(12-10-16)23(32)34-24(2,3)4/h5-8,13,16,21H,9-12,14H2,1-4H3. The molecule has 0 unspecified atom stereocenters. The van der Waals surface area contributed by atoms with Crippen LogP contribution in [0.5, 0.6) is 5.88 Å². The molecule has 3 aromatic rings. The molecule has 1 saturated heterocycles. The van der Waals surface area contributed by atoms with E-state index in [9.17, 15) is 13.6 Å². The number of aromatic nitrogens is 4. The molecule has 1 amide bonds. The highest BCUT2D eigenvalue weighted by Crippen LogP contribution is 2.28. The highest BCUT2D eigenvalue weighted by atomic mass is 19.3. The smallest absolute Gasteiger partial charge is 0.410 e. The molecular formula is C24H29F2N5O3. The van der Waals surface area contributed by atoms with Crippen LogP contribution in [0.25, 0.3) is 16.9 Å². The maximum Gasteiger partial charge on any atom is 0.410 e. The summed E-state index contributed by atoms with van der Waals surface area (Å²) in [5.74, 6) is 0.870. The zero-order valence-corrected chi connectivity index (χ0v) is 19.8. The first-order valence-electron chi connectivity index (χ1n) is 11.3. The van der Waals surface area contributed by atoms with Crippen molar-refractivity contribution in [3.05, 3.63) is 42.0 Å². The van der Waals surface area contributed by atoms with E-state index < -0.39 is 12.0 Å². The summed E-state index contributed by atoms with van der Waals surface area (Å²) in [6, 6.07) is 8.49. The summed E-state index contributed by atoms with van der Waals surface area (Å²) in [4.78, 5) is 26.7. The van der Waals surface area contributed by atoms with Gasteiger partial charge in [0.2, 0.25) is 5.88 Å². The first-order chi connectivity index (χ1) is 16.1. The lowest BCUT2D eigenvalue weighted by Gasteiger charge is -2.33. The van der Waals surface area contributed by atoms with Crippen LogP contribution in [-0.2, 0) is 4.74 Å². The molecule has 1 aromatic carbocycles. The summed E-state index contributed by atoms with van der Waals surface area (Å²) in [5.41, 5.74) is 0.481. The molecule has 0 atom stereocenters. The van der Waals surface area contributed by atoms with Gasteiger partial charge >= 0.3 is 6.09 Å². The fourth-order valence-electron chi connectivity index (χ4n) is 3.96. The normalized spacial score (nSPS) is 15.2. The number of piperidine rings is 1. The maximum atomic E-state index is 13.7. The van der Waals surface area contributed by atoms with Crippen LogP contribution >= 0.6 is 0 Å². The number of fused-ring (bicyclic) bond motifs is 1. The van der Waals surface area contributed by atoms with Crippen LogP contribution in [0.1, 0.15) is 51.7 Å². The SMILES string of the molecule is Cc1nc(OCC2CCN(C(=O)OC(C)(C)C)CC2)cc(-n2c(C(F)F)nc3ccccc32)n1. The Morgan fingerprint density at radius 1 is 1.15 bits per heavy atom. The fourth-order valence-corrected chi connectivity index (χ4v) is 3.96. The van der Waals surface area contributed by atoms with Gasteiger partial charge in [-0.05, 0) is 58.6 Å². The van der Waals surface area contributed by atoms with E-state index in [1.165, 1.54) is 4.57 Å². The Morgan fingerprint density at radius 3 is 2.53 bits per heavy atom. The minimum atomic E-state index is -2.76. The lowest BCUT2D eigenvalue weighted by molar-refractivity contribution is 0.0164. The molecule has 182 valence electrons. The predicted molar refractivity (Wildman–Crippen MR) is 122 cm³/mol. The second-order valence-corrected chi connectivity index (χ2v) is 9.43. The molecule has 0 N–H and O–H groups in total. The summed E-state index contributed by atoms with van der Waals surface area (Å²) in [6.45, 7) is 8.83. The number of ether oxygens (including phenoxy) is 2. The minimum absolute atomic E-state index is 0.239. The Hall–Kier alpha value is -3.30. The Kier molecular flexibility index (Phi) is 6.67. The molecule has 0 spiro atoms. The second kappa shape index (κ2) is 9.52. The van der Waals surface area contributed by atoms with Crippen molar-refractivity contribution < 1.29 is 23.0 Å². The van der Waals surface area contributed by atoms with Gasteiger partial charge in [0.05, 0.1) is 17.6 Å². The van der Waals surface area contributed by atoms with E-state index in [0.717, 1.165) is 12.8 Å². The summed E-state index contributed by atoms with van der Waals surface area (Å²) in [5, 5.41) is 0. The fraction of sp³-hybridized carbons (Fsp3) is 0.500. The Bertz CT molecular complexity index is 1170. The summed E-state index contributed by atoms with van der Waals surface area (Å²) in [6.07, 6.45) is -1.51. The first-order valence-corrected chi connectivity index (χ1v) is 11.3. The second-order valence-electron chi connectivity index (χ2n) is 9.43. The molecule has 0 bridgehead atoms. The van der Waals surface area contributed by atoms with Gasteiger partial charge in [0.25, 0.3) is 6.43 Å². The zero-order valence-electron chi connectivity index (χ0n) is 19.8. The zero-order chi connectivity index (χ0) is 24.5. The molecule has 1 aliphatic rings. The van der Waals surface area contributed by atoms with Crippen molar-refractivity contribution >= 4 is 17.1 Å². The monoisotopic (exact) mass is 473 g/mol. The number of aryl methyl sites for hydroxylation is 1. The molecule has 8 nitrogen and oxygen atoms in total. The van der Waals surface area contributed by atoms with Crippen LogP contribution in [-0.4, -0.2) is 55.8 Å². The number of para-hydroxylation sites is 2. The number of hydrogen-bond donors (Lipinski definition) is 0. The van der Waals surface area contributed by atoms with E-state index >= 15 is 0 Å². The van der Waals surface area contributed by atoms with Gasteiger partial charge in [-0.3, -0.25) is 4.57 Å². The number of likely N-dealkylation sites (tertiary alicyclic amines) is 1. The molecule has 34 heavy (non-hydrogen) atoms. The van der Waals surface area contributed by atoms with Crippen molar-refractivity contribution in [3.8, 4) is 11.7 Å². The van der Waals surface area contributed by atoms with Gasteiger partial charge in [0.15, 0.2) is 5.82 Å². The first kappa shape index (κ1) is 23.8. The lowest BCUT2D eigenvalue weighted by atomic mass is 9.98. The molecule has 2 aromatic heterocycles. The Balaban J connectivity index is 1.45. The Morgan fingerprint density at radius 2 is 1.85 bits per heavy atom. The van der Waals surface area contributed by atoms with E-state index in [4.69, 9.17) is 9.47 Å². The molecular weight excluding hydrogens is 444 g/mol. The van der Waals surface area contributed by atoms with Crippen LogP contribution in [0.3, 0.4) is 0 Å². The number of carbonyl (C=O) groups excluding carboxylic acids is 1. The number of benzene rings is 1. The molecule has 0 radical (unpaired) electrons. The summed E-state index contributed by atoms with van der Waals surface area (Å²) in [7, 11) is 0. The molecule has 0 aliphatic carbocycles. The van der Waals surface area contributed by atoms with E-state index in [-0.39, 0.29) is 23.7 Å². The molecule has 1 fully saturated rings. The number of alkyl halides is 2. The topological polar surface area (TPSA) is 82.4 Å². The van der Waals surface area contributed by atoms with E-state index in [0.29, 0.717) is 42.4 Å². The third-order valence-corrected chi connectivity index (χ3v) is 5.55. The average molecular weight is 474 g/mol. The predicted octanol–water partition coefficient (Wildman–Crippen LogP) is 5.09. The summed E-state index contributed by atoms with van der Waals surface area (Å²) >= 11 is 0. The Labute approximate surface area is 196 Å². The molecule has 0 saturated carbocycles. The number of carbonyl (C=O) groups is 1. The van der Waals surface area contributed by atoms with Crippen molar-refractivity contribution in [2.24, 2.45) is 5.92 Å². The van der Waals surface area contributed by atoms with Gasteiger partial charge in [-0.15, -0.1) is 0 Å². The quantitative estimate of drug-likeness (QED) is 0.514. The largest absolute Gasteiger partial charge is 0.477 e. The molecule has 1 aliphatic heterocycles. The van der Waals surface area contributed by atoms with E-state index in [1.807, 2.05) is 20.8 Å². The highest BCUT2D eigenvalue weighted by Gasteiger charge is 2.27. The van der Waals surface area contributed by atoms with Gasteiger partial charge in [-0.2, -0.15) is 4.98 Å². The average Bonchev–Trinajstić information content (AvgIpc) is 3.17. The number of nitrogens with zero attached hydrogens (tertiary/aromatic N) is 5. The molecule has 3 heterocycles.